The van der Waals surface area contributed by atoms with Crippen LogP contribution in [0.2, 0.25) is 5.02 Å². The van der Waals surface area contributed by atoms with Crippen molar-refractivity contribution in [1.82, 2.24) is 5.32 Å². The topological polar surface area (TPSA) is 85.6 Å². The van der Waals surface area contributed by atoms with Crippen LogP contribution in [0.15, 0.2) is 33.5 Å². The third-order valence-corrected chi connectivity index (χ3v) is 2.85. The molecule has 0 unspecified atom stereocenters. The average Bonchev–Trinajstić information content (AvgIpc) is 2.51. The lowest BCUT2D eigenvalue weighted by Crippen LogP contribution is -2.29. The van der Waals surface area contributed by atoms with E-state index in [1.54, 1.807) is 0 Å². The number of ether oxygens (including phenoxy) is 1. The maximum atomic E-state index is 11.9. The highest BCUT2D eigenvalue weighted by atomic mass is 35.5. The summed E-state index contributed by atoms with van der Waals surface area (Å²) >= 11 is 5.79. The molecule has 0 saturated heterocycles. The van der Waals surface area contributed by atoms with Crippen LogP contribution in [-0.4, -0.2) is 25.0 Å². The Hall–Kier alpha value is -2.78. The van der Waals surface area contributed by atoms with Crippen molar-refractivity contribution >= 4 is 34.4 Å². The molecule has 1 N–H and O–H groups in total. The van der Waals surface area contributed by atoms with Gasteiger partial charge in [-0.05, 0) is 18.2 Å². The standard InChI is InChI=1S/C15H10ClNO5/c1-2-5-17-14(19)8-21-15(20)13-7-11(18)10-6-9(16)3-4-12(10)22-13/h1,3-4,6-7H,5,8H2,(H,17,19). The number of carbonyl (C=O) groups is 2. The van der Waals surface area contributed by atoms with Crippen molar-refractivity contribution in [3.63, 3.8) is 0 Å². The van der Waals surface area contributed by atoms with E-state index in [1.807, 2.05) is 0 Å². The SMILES string of the molecule is C#CCNC(=O)COC(=O)c1cc(=O)c2cc(Cl)ccc2o1. The average molecular weight is 320 g/mol. The molecule has 22 heavy (non-hydrogen) atoms. The first-order valence-electron chi connectivity index (χ1n) is 6.12. The highest BCUT2D eigenvalue weighted by Gasteiger charge is 2.15. The van der Waals surface area contributed by atoms with Crippen LogP contribution >= 0.6 is 11.6 Å². The molecule has 1 aromatic carbocycles. The molecular formula is C15H10ClNO5. The molecule has 1 aromatic heterocycles. The summed E-state index contributed by atoms with van der Waals surface area (Å²) in [6.07, 6.45) is 4.97. The van der Waals surface area contributed by atoms with Crippen LogP contribution in [0.1, 0.15) is 10.6 Å². The van der Waals surface area contributed by atoms with Crippen molar-refractivity contribution in [3.8, 4) is 12.3 Å². The Morgan fingerprint density at radius 3 is 2.86 bits per heavy atom. The first-order valence-corrected chi connectivity index (χ1v) is 6.50. The Labute approximate surface area is 130 Å². The van der Waals surface area contributed by atoms with E-state index in [2.05, 4.69) is 11.2 Å². The molecule has 0 aliphatic rings. The van der Waals surface area contributed by atoms with Crippen LogP contribution in [0.4, 0.5) is 0 Å². The second-order valence-corrected chi connectivity index (χ2v) is 4.61. The summed E-state index contributed by atoms with van der Waals surface area (Å²) in [5.41, 5.74) is -0.242. The third kappa shape index (κ3) is 3.65. The zero-order valence-corrected chi connectivity index (χ0v) is 12.0. The molecule has 0 bridgehead atoms. The lowest BCUT2D eigenvalue weighted by atomic mass is 10.2. The smallest absolute Gasteiger partial charge is 0.374 e. The molecule has 0 saturated carbocycles. The summed E-state index contributed by atoms with van der Waals surface area (Å²) in [4.78, 5) is 35.0. The molecule has 6 nitrogen and oxygen atoms in total. The van der Waals surface area contributed by atoms with Gasteiger partial charge in [-0.1, -0.05) is 17.5 Å². The Morgan fingerprint density at radius 2 is 2.14 bits per heavy atom. The minimum Gasteiger partial charge on any atom is -0.450 e. The molecule has 112 valence electrons. The molecule has 2 rings (SSSR count). The number of terminal acetylenes is 1. The Morgan fingerprint density at radius 1 is 1.36 bits per heavy atom. The van der Waals surface area contributed by atoms with Gasteiger partial charge in [0.2, 0.25) is 5.76 Å². The van der Waals surface area contributed by atoms with E-state index in [1.165, 1.54) is 18.2 Å². The van der Waals surface area contributed by atoms with Crippen molar-refractivity contribution in [2.75, 3.05) is 13.2 Å². The fraction of sp³-hybridized carbons (Fsp3) is 0.133. The predicted molar refractivity (Wildman–Crippen MR) is 79.6 cm³/mol. The van der Waals surface area contributed by atoms with Crippen LogP contribution in [0.3, 0.4) is 0 Å². The van der Waals surface area contributed by atoms with Gasteiger partial charge in [-0.15, -0.1) is 6.42 Å². The number of hydrogen-bond acceptors (Lipinski definition) is 5. The molecule has 1 amide bonds. The van der Waals surface area contributed by atoms with E-state index in [4.69, 9.17) is 27.2 Å². The molecule has 7 heteroatoms. The summed E-state index contributed by atoms with van der Waals surface area (Å²) in [5.74, 6) is 0.425. The number of nitrogens with one attached hydrogen (secondary N) is 1. The van der Waals surface area contributed by atoms with Gasteiger partial charge in [-0.25, -0.2) is 4.79 Å². The van der Waals surface area contributed by atoms with Gasteiger partial charge in [0.05, 0.1) is 11.9 Å². The molecule has 1 heterocycles. The zero-order chi connectivity index (χ0) is 16.1. The number of amides is 1. The third-order valence-electron chi connectivity index (χ3n) is 2.61. The predicted octanol–water partition coefficient (Wildman–Crippen LogP) is 1.35. The largest absolute Gasteiger partial charge is 0.450 e. The van der Waals surface area contributed by atoms with Gasteiger partial charge in [-0.3, -0.25) is 9.59 Å². The molecule has 0 fully saturated rings. The van der Waals surface area contributed by atoms with Gasteiger partial charge < -0.3 is 14.5 Å². The molecule has 2 aromatic rings. The highest BCUT2D eigenvalue weighted by molar-refractivity contribution is 6.31. The maximum Gasteiger partial charge on any atom is 0.374 e. The van der Waals surface area contributed by atoms with Gasteiger partial charge in [0.15, 0.2) is 12.0 Å². The lowest BCUT2D eigenvalue weighted by molar-refractivity contribution is -0.124. The Balaban J connectivity index is 2.16. The van der Waals surface area contributed by atoms with E-state index >= 15 is 0 Å². The first kappa shape index (κ1) is 15.6. The normalized spacial score (nSPS) is 10.0. The second kappa shape index (κ2) is 6.78. The lowest BCUT2D eigenvalue weighted by Gasteiger charge is -2.05. The summed E-state index contributed by atoms with van der Waals surface area (Å²) in [6, 6.07) is 5.41. The van der Waals surface area contributed by atoms with Crippen LogP contribution in [0, 0.1) is 12.3 Å². The maximum absolute atomic E-state index is 11.9. The van der Waals surface area contributed by atoms with Gasteiger partial charge in [0.25, 0.3) is 5.91 Å². The van der Waals surface area contributed by atoms with Gasteiger partial charge in [-0.2, -0.15) is 0 Å². The van der Waals surface area contributed by atoms with Crippen LogP contribution < -0.4 is 10.7 Å². The number of hydrogen-bond donors (Lipinski definition) is 1. The zero-order valence-electron chi connectivity index (χ0n) is 11.2. The molecular weight excluding hydrogens is 310 g/mol. The van der Waals surface area contributed by atoms with Crippen LogP contribution in [0.25, 0.3) is 11.0 Å². The van der Waals surface area contributed by atoms with Crippen molar-refractivity contribution < 1.29 is 18.7 Å². The van der Waals surface area contributed by atoms with Gasteiger partial charge >= 0.3 is 5.97 Å². The van der Waals surface area contributed by atoms with Gasteiger partial charge in [0, 0.05) is 11.1 Å². The number of esters is 1. The molecule has 0 spiro atoms. The molecule has 0 radical (unpaired) electrons. The minimum atomic E-state index is -0.926. The van der Waals surface area contributed by atoms with E-state index in [9.17, 15) is 14.4 Å². The fourth-order valence-electron chi connectivity index (χ4n) is 1.63. The van der Waals surface area contributed by atoms with Crippen LogP contribution in [-0.2, 0) is 9.53 Å². The van der Waals surface area contributed by atoms with E-state index in [0.29, 0.717) is 5.02 Å². The van der Waals surface area contributed by atoms with Crippen molar-refractivity contribution in [2.24, 2.45) is 0 Å². The quantitative estimate of drug-likeness (QED) is 0.679. The Bertz CT molecular complexity index is 834. The van der Waals surface area contributed by atoms with E-state index < -0.39 is 23.9 Å². The number of rotatable bonds is 4. The molecule has 0 aliphatic carbocycles. The van der Waals surface area contributed by atoms with Crippen molar-refractivity contribution in [3.05, 3.63) is 45.3 Å². The monoisotopic (exact) mass is 319 g/mol. The summed E-state index contributed by atoms with van der Waals surface area (Å²) < 4.78 is 10.0. The van der Waals surface area contributed by atoms with Gasteiger partial charge in [0.1, 0.15) is 5.58 Å². The second-order valence-electron chi connectivity index (χ2n) is 4.17. The minimum absolute atomic E-state index is 0.0300. The van der Waals surface area contributed by atoms with E-state index in [-0.39, 0.29) is 23.3 Å². The number of halogens is 1. The molecule has 0 atom stereocenters. The number of fused-ring (bicyclic) bond motifs is 1. The summed E-state index contributed by atoms with van der Waals surface area (Å²) in [5, 5.41) is 2.95. The van der Waals surface area contributed by atoms with Crippen molar-refractivity contribution in [2.45, 2.75) is 0 Å². The van der Waals surface area contributed by atoms with Crippen LogP contribution in [0.5, 0.6) is 0 Å². The highest BCUT2D eigenvalue weighted by Crippen LogP contribution is 2.17. The van der Waals surface area contributed by atoms with E-state index in [0.717, 1.165) is 6.07 Å². The number of carbonyl (C=O) groups excluding carboxylic acids is 2. The Kier molecular flexibility index (Phi) is 4.81. The van der Waals surface area contributed by atoms with Crippen molar-refractivity contribution in [1.29, 1.82) is 0 Å². The molecule has 0 aliphatic heterocycles. The summed E-state index contributed by atoms with van der Waals surface area (Å²) in [6.45, 7) is -0.495. The number of benzene rings is 1. The fourth-order valence-corrected chi connectivity index (χ4v) is 1.80. The summed E-state index contributed by atoms with van der Waals surface area (Å²) in [7, 11) is 0. The first-order chi connectivity index (χ1) is 10.5.